The van der Waals surface area contributed by atoms with Crippen LogP contribution in [0.4, 0.5) is 0 Å². The van der Waals surface area contributed by atoms with E-state index in [4.69, 9.17) is 16.0 Å². The summed E-state index contributed by atoms with van der Waals surface area (Å²) in [7, 11) is 0. The van der Waals surface area contributed by atoms with Crippen LogP contribution in [-0.2, 0) is 6.54 Å². The predicted molar refractivity (Wildman–Crippen MR) is 90.4 cm³/mol. The molecule has 2 heterocycles. The third-order valence-corrected chi connectivity index (χ3v) is 4.97. The molecule has 0 saturated carbocycles. The van der Waals surface area contributed by atoms with Crippen molar-refractivity contribution in [3.05, 3.63) is 52.2 Å². The minimum absolute atomic E-state index is 0.292. The predicted octanol–water partition coefficient (Wildman–Crippen LogP) is 3.89. The summed E-state index contributed by atoms with van der Waals surface area (Å²) in [6, 6.07) is 7.50. The van der Waals surface area contributed by atoms with Gasteiger partial charge in [-0.1, -0.05) is 23.7 Å². The van der Waals surface area contributed by atoms with Gasteiger partial charge in [0.25, 0.3) is 0 Å². The van der Waals surface area contributed by atoms with Crippen LogP contribution >= 0.6 is 11.6 Å². The molecule has 124 valence electrons. The fraction of sp³-hybridized carbons (Fsp3) is 0.500. The molecule has 0 amide bonds. The van der Waals surface area contributed by atoms with Gasteiger partial charge in [-0.3, -0.25) is 4.90 Å². The number of aryl methyl sites for hydroxylation is 2. The van der Waals surface area contributed by atoms with Crippen LogP contribution in [0.1, 0.15) is 41.9 Å². The van der Waals surface area contributed by atoms with Gasteiger partial charge < -0.3 is 9.52 Å². The normalized spacial score (nSPS) is 18.3. The van der Waals surface area contributed by atoms with E-state index in [2.05, 4.69) is 9.88 Å². The van der Waals surface area contributed by atoms with E-state index < -0.39 is 6.10 Å². The van der Waals surface area contributed by atoms with Crippen LogP contribution in [0.25, 0.3) is 0 Å². The third-order valence-electron chi connectivity index (χ3n) is 4.72. The summed E-state index contributed by atoms with van der Waals surface area (Å²) in [4.78, 5) is 6.79. The number of aliphatic hydroxyl groups is 1. The van der Waals surface area contributed by atoms with Crippen molar-refractivity contribution in [3.63, 3.8) is 0 Å². The highest BCUT2D eigenvalue weighted by Crippen LogP contribution is 2.31. The highest BCUT2D eigenvalue weighted by molar-refractivity contribution is 6.30. The first-order valence-electron chi connectivity index (χ1n) is 8.11. The molecule has 0 radical (unpaired) electrons. The summed E-state index contributed by atoms with van der Waals surface area (Å²) < 4.78 is 5.66. The largest absolute Gasteiger partial charge is 0.444 e. The summed E-state index contributed by atoms with van der Waals surface area (Å²) >= 11 is 5.91. The van der Waals surface area contributed by atoms with E-state index in [1.165, 1.54) is 0 Å². The number of halogens is 1. The first-order chi connectivity index (χ1) is 11.0. The van der Waals surface area contributed by atoms with Crippen LogP contribution in [-0.4, -0.2) is 28.1 Å². The molecule has 1 N–H and O–H groups in total. The van der Waals surface area contributed by atoms with E-state index in [0.717, 1.165) is 55.4 Å². The molecule has 2 aromatic rings. The Morgan fingerprint density at radius 3 is 2.48 bits per heavy atom. The lowest BCUT2D eigenvalue weighted by atomic mass is 9.87. The van der Waals surface area contributed by atoms with Crippen LogP contribution in [0.2, 0.25) is 5.02 Å². The van der Waals surface area contributed by atoms with Crippen LogP contribution in [0.3, 0.4) is 0 Å². The highest BCUT2D eigenvalue weighted by Gasteiger charge is 2.27. The van der Waals surface area contributed by atoms with Gasteiger partial charge in [0.1, 0.15) is 5.76 Å². The van der Waals surface area contributed by atoms with Crippen LogP contribution in [0.5, 0.6) is 0 Å². The lowest BCUT2D eigenvalue weighted by Gasteiger charge is -2.33. The number of benzene rings is 1. The molecule has 1 atom stereocenters. The van der Waals surface area contributed by atoms with Crippen molar-refractivity contribution in [2.24, 2.45) is 5.92 Å². The number of hydrogen-bond donors (Lipinski definition) is 1. The number of likely N-dealkylation sites (tertiary alicyclic amines) is 1. The van der Waals surface area contributed by atoms with Crippen molar-refractivity contribution >= 4 is 11.6 Å². The maximum absolute atomic E-state index is 10.6. The molecule has 1 saturated heterocycles. The van der Waals surface area contributed by atoms with Gasteiger partial charge in [-0.25, -0.2) is 4.98 Å². The Hall–Kier alpha value is -1.36. The van der Waals surface area contributed by atoms with Crippen molar-refractivity contribution in [2.45, 2.75) is 39.3 Å². The van der Waals surface area contributed by atoms with Crippen LogP contribution < -0.4 is 0 Å². The van der Waals surface area contributed by atoms with Gasteiger partial charge >= 0.3 is 0 Å². The third kappa shape index (κ3) is 3.94. The molecule has 3 rings (SSSR count). The van der Waals surface area contributed by atoms with Gasteiger partial charge in [0.05, 0.1) is 18.3 Å². The SMILES string of the molecule is Cc1nc(CN2CCC(C(O)c3ccc(Cl)cc3)CC2)oc1C. The quantitative estimate of drug-likeness (QED) is 0.921. The first-order valence-corrected chi connectivity index (χ1v) is 8.49. The second-order valence-electron chi connectivity index (χ2n) is 6.36. The monoisotopic (exact) mass is 334 g/mol. The number of piperidine rings is 1. The van der Waals surface area contributed by atoms with Crippen molar-refractivity contribution in [2.75, 3.05) is 13.1 Å². The Labute approximate surface area is 142 Å². The first kappa shape index (κ1) is 16.5. The highest BCUT2D eigenvalue weighted by atomic mass is 35.5. The summed E-state index contributed by atoms with van der Waals surface area (Å²) in [6.07, 6.45) is 1.53. The number of aromatic nitrogens is 1. The van der Waals surface area contributed by atoms with E-state index in [1.807, 2.05) is 38.1 Å². The topological polar surface area (TPSA) is 49.5 Å². The maximum Gasteiger partial charge on any atom is 0.208 e. The second-order valence-corrected chi connectivity index (χ2v) is 6.80. The molecule has 5 heteroatoms. The van der Waals surface area contributed by atoms with Crippen molar-refractivity contribution in [3.8, 4) is 0 Å². The average Bonchev–Trinajstić information content (AvgIpc) is 2.86. The van der Waals surface area contributed by atoms with Gasteiger partial charge in [-0.05, 0) is 63.4 Å². The summed E-state index contributed by atoms with van der Waals surface area (Å²) in [5.41, 5.74) is 1.92. The number of rotatable bonds is 4. The summed E-state index contributed by atoms with van der Waals surface area (Å²) in [6.45, 7) is 6.57. The molecule has 1 aliphatic rings. The maximum atomic E-state index is 10.6. The number of oxazole rings is 1. The molecule has 1 aromatic carbocycles. The second kappa shape index (κ2) is 7.04. The molecular formula is C18H23ClN2O2. The van der Waals surface area contributed by atoms with E-state index in [-0.39, 0.29) is 0 Å². The van der Waals surface area contributed by atoms with Crippen LogP contribution in [0.15, 0.2) is 28.7 Å². The molecule has 1 aromatic heterocycles. The molecule has 1 fully saturated rings. The van der Waals surface area contributed by atoms with Crippen LogP contribution in [0, 0.1) is 19.8 Å². The molecule has 1 aliphatic heterocycles. The van der Waals surface area contributed by atoms with Gasteiger partial charge in [0.15, 0.2) is 0 Å². The minimum atomic E-state index is -0.416. The minimum Gasteiger partial charge on any atom is -0.444 e. The zero-order chi connectivity index (χ0) is 16.4. The number of hydrogen-bond acceptors (Lipinski definition) is 4. The van der Waals surface area contributed by atoms with E-state index in [1.54, 1.807) is 0 Å². The zero-order valence-corrected chi connectivity index (χ0v) is 14.4. The molecule has 4 nitrogen and oxygen atoms in total. The average molecular weight is 335 g/mol. The molecule has 0 bridgehead atoms. The van der Waals surface area contributed by atoms with Crippen molar-refractivity contribution in [1.82, 2.24) is 9.88 Å². The molecular weight excluding hydrogens is 312 g/mol. The van der Waals surface area contributed by atoms with Gasteiger partial charge in [-0.15, -0.1) is 0 Å². The lowest BCUT2D eigenvalue weighted by molar-refractivity contribution is 0.0543. The molecule has 0 aliphatic carbocycles. The number of nitrogens with zero attached hydrogens (tertiary/aromatic N) is 2. The Bertz CT molecular complexity index is 626. The molecule has 0 spiro atoms. The smallest absolute Gasteiger partial charge is 0.208 e. The summed E-state index contributed by atoms with van der Waals surface area (Å²) in [5.74, 6) is 1.98. The Kier molecular flexibility index (Phi) is 5.05. The van der Waals surface area contributed by atoms with E-state index in [9.17, 15) is 5.11 Å². The van der Waals surface area contributed by atoms with Gasteiger partial charge in [0, 0.05) is 5.02 Å². The Morgan fingerprint density at radius 1 is 1.26 bits per heavy atom. The summed E-state index contributed by atoms with van der Waals surface area (Å²) in [5, 5.41) is 11.3. The standard InChI is InChI=1S/C18H23ClN2O2/c1-12-13(2)23-17(20-12)11-21-9-7-15(8-10-21)18(22)14-3-5-16(19)6-4-14/h3-6,15,18,22H,7-11H2,1-2H3. The molecule has 1 unspecified atom stereocenters. The van der Waals surface area contributed by atoms with E-state index in [0.29, 0.717) is 10.9 Å². The number of aliphatic hydroxyl groups excluding tert-OH is 1. The van der Waals surface area contributed by atoms with Gasteiger partial charge in [0.2, 0.25) is 5.89 Å². The van der Waals surface area contributed by atoms with Crippen molar-refractivity contribution in [1.29, 1.82) is 0 Å². The Morgan fingerprint density at radius 2 is 1.91 bits per heavy atom. The lowest BCUT2D eigenvalue weighted by Crippen LogP contribution is -2.35. The fourth-order valence-electron chi connectivity index (χ4n) is 3.16. The van der Waals surface area contributed by atoms with Crippen molar-refractivity contribution < 1.29 is 9.52 Å². The molecule has 23 heavy (non-hydrogen) atoms. The van der Waals surface area contributed by atoms with Gasteiger partial charge in [-0.2, -0.15) is 0 Å². The Balaban J connectivity index is 1.54. The fourth-order valence-corrected chi connectivity index (χ4v) is 3.28. The van der Waals surface area contributed by atoms with E-state index >= 15 is 0 Å². The zero-order valence-electron chi connectivity index (χ0n) is 13.6.